The highest BCUT2D eigenvalue weighted by atomic mass is 16.5. The summed E-state index contributed by atoms with van der Waals surface area (Å²) >= 11 is 0. The van der Waals surface area contributed by atoms with Gasteiger partial charge >= 0.3 is 5.97 Å². The predicted molar refractivity (Wildman–Crippen MR) is 66.4 cm³/mol. The molecule has 1 saturated heterocycles. The summed E-state index contributed by atoms with van der Waals surface area (Å²) < 4.78 is 4.87. The first kappa shape index (κ1) is 12.1. The van der Waals surface area contributed by atoms with Gasteiger partial charge in [-0.1, -0.05) is 37.3 Å². The van der Waals surface area contributed by atoms with Gasteiger partial charge in [0.15, 0.2) is 0 Å². The van der Waals surface area contributed by atoms with E-state index in [9.17, 15) is 4.79 Å². The molecule has 1 fully saturated rings. The lowest BCUT2D eigenvalue weighted by Gasteiger charge is -2.22. The minimum Gasteiger partial charge on any atom is -0.468 e. The summed E-state index contributed by atoms with van der Waals surface area (Å²) in [6.07, 6.45) is 0.902. The first-order chi connectivity index (χ1) is 8.20. The maximum Gasteiger partial charge on any atom is 0.323 e. The molecule has 0 N–H and O–H groups in total. The van der Waals surface area contributed by atoms with Gasteiger partial charge in [-0.25, -0.2) is 0 Å². The Morgan fingerprint density at radius 1 is 1.41 bits per heavy atom. The third kappa shape index (κ3) is 2.86. The molecular weight excluding hydrogens is 214 g/mol. The number of ether oxygens (including phenoxy) is 1. The molecule has 0 aromatic heterocycles. The topological polar surface area (TPSA) is 29.5 Å². The van der Waals surface area contributed by atoms with Crippen molar-refractivity contribution < 1.29 is 9.53 Å². The number of esters is 1. The molecule has 0 saturated carbocycles. The number of likely N-dealkylation sites (tertiary alicyclic amines) is 1. The lowest BCUT2D eigenvalue weighted by molar-refractivity contribution is -0.146. The van der Waals surface area contributed by atoms with Crippen molar-refractivity contribution in [2.75, 3.05) is 13.7 Å². The Balaban J connectivity index is 2.06. The number of methoxy groups -OCH3 is 1. The van der Waals surface area contributed by atoms with Crippen LogP contribution in [0.15, 0.2) is 30.3 Å². The van der Waals surface area contributed by atoms with Crippen LogP contribution in [0.5, 0.6) is 0 Å². The van der Waals surface area contributed by atoms with Crippen LogP contribution >= 0.6 is 0 Å². The van der Waals surface area contributed by atoms with E-state index in [1.165, 1.54) is 12.7 Å². The lowest BCUT2D eigenvalue weighted by atomic mass is 10.1. The molecule has 0 aliphatic carbocycles. The molecule has 1 aromatic rings. The summed E-state index contributed by atoms with van der Waals surface area (Å²) in [5, 5.41) is 0. The number of carbonyl (C=O) groups is 1. The number of benzene rings is 1. The van der Waals surface area contributed by atoms with Gasteiger partial charge in [0, 0.05) is 13.1 Å². The van der Waals surface area contributed by atoms with Gasteiger partial charge in [0.2, 0.25) is 0 Å². The highest BCUT2D eigenvalue weighted by Gasteiger charge is 2.35. The van der Waals surface area contributed by atoms with Crippen molar-refractivity contribution in [2.24, 2.45) is 5.92 Å². The molecule has 0 bridgehead atoms. The fourth-order valence-electron chi connectivity index (χ4n) is 2.51. The zero-order valence-electron chi connectivity index (χ0n) is 10.4. The molecule has 1 aliphatic rings. The van der Waals surface area contributed by atoms with E-state index in [0.29, 0.717) is 5.92 Å². The second-order valence-electron chi connectivity index (χ2n) is 4.79. The molecule has 0 unspecified atom stereocenters. The zero-order chi connectivity index (χ0) is 12.3. The standard InChI is InChI=1S/C14H19NO2/c1-11-8-13(14(16)17-2)15(9-11)10-12-6-4-3-5-7-12/h3-7,11,13H,8-10H2,1-2H3/t11-,13-/m0/s1. The molecule has 2 atom stereocenters. The Morgan fingerprint density at radius 2 is 2.12 bits per heavy atom. The van der Waals surface area contributed by atoms with Crippen molar-refractivity contribution in [1.82, 2.24) is 4.90 Å². The third-order valence-electron chi connectivity index (χ3n) is 3.31. The molecule has 3 heteroatoms. The van der Waals surface area contributed by atoms with Gasteiger partial charge in [-0.05, 0) is 17.9 Å². The van der Waals surface area contributed by atoms with Crippen molar-refractivity contribution in [3.8, 4) is 0 Å². The summed E-state index contributed by atoms with van der Waals surface area (Å²) in [4.78, 5) is 13.9. The van der Waals surface area contributed by atoms with Crippen molar-refractivity contribution >= 4 is 5.97 Å². The van der Waals surface area contributed by atoms with Crippen molar-refractivity contribution in [2.45, 2.75) is 25.9 Å². The van der Waals surface area contributed by atoms with E-state index in [0.717, 1.165) is 19.5 Å². The van der Waals surface area contributed by atoms with Crippen LogP contribution in [0.25, 0.3) is 0 Å². The van der Waals surface area contributed by atoms with E-state index >= 15 is 0 Å². The smallest absolute Gasteiger partial charge is 0.323 e. The van der Waals surface area contributed by atoms with Gasteiger partial charge in [0.1, 0.15) is 6.04 Å². The summed E-state index contributed by atoms with van der Waals surface area (Å²) in [5.41, 5.74) is 1.25. The number of hydrogen-bond donors (Lipinski definition) is 0. The maximum absolute atomic E-state index is 11.7. The Hall–Kier alpha value is -1.35. The molecule has 2 rings (SSSR count). The van der Waals surface area contributed by atoms with Crippen LogP contribution in [0.2, 0.25) is 0 Å². The lowest BCUT2D eigenvalue weighted by Crippen LogP contribution is -2.36. The molecule has 1 aromatic carbocycles. The number of nitrogens with zero attached hydrogens (tertiary/aromatic N) is 1. The van der Waals surface area contributed by atoms with Crippen LogP contribution in [-0.4, -0.2) is 30.6 Å². The molecular formula is C14H19NO2. The fourth-order valence-corrected chi connectivity index (χ4v) is 2.51. The largest absolute Gasteiger partial charge is 0.468 e. The van der Waals surface area contributed by atoms with Crippen LogP contribution in [-0.2, 0) is 16.1 Å². The first-order valence-corrected chi connectivity index (χ1v) is 6.06. The fraction of sp³-hybridized carbons (Fsp3) is 0.500. The first-order valence-electron chi connectivity index (χ1n) is 6.06. The second-order valence-corrected chi connectivity index (χ2v) is 4.79. The van der Waals surface area contributed by atoms with Gasteiger partial charge in [-0.3, -0.25) is 9.69 Å². The normalized spacial score (nSPS) is 24.8. The van der Waals surface area contributed by atoms with E-state index in [1.54, 1.807) is 0 Å². The SMILES string of the molecule is COC(=O)[C@@H]1C[C@H](C)CN1Cc1ccccc1. The van der Waals surface area contributed by atoms with Gasteiger partial charge in [0.25, 0.3) is 0 Å². The summed E-state index contributed by atoms with van der Waals surface area (Å²) in [5.74, 6) is 0.452. The van der Waals surface area contributed by atoms with E-state index in [-0.39, 0.29) is 12.0 Å². The molecule has 0 radical (unpaired) electrons. The molecule has 0 spiro atoms. The van der Waals surface area contributed by atoms with Crippen LogP contribution in [0.4, 0.5) is 0 Å². The van der Waals surface area contributed by atoms with Crippen LogP contribution in [0.1, 0.15) is 18.9 Å². The van der Waals surface area contributed by atoms with Crippen molar-refractivity contribution in [3.63, 3.8) is 0 Å². The van der Waals surface area contributed by atoms with Crippen molar-refractivity contribution in [1.29, 1.82) is 0 Å². The van der Waals surface area contributed by atoms with Gasteiger partial charge in [-0.2, -0.15) is 0 Å². The third-order valence-corrected chi connectivity index (χ3v) is 3.31. The number of carbonyl (C=O) groups excluding carboxylic acids is 1. The average Bonchev–Trinajstić information content (AvgIpc) is 2.70. The Morgan fingerprint density at radius 3 is 2.76 bits per heavy atom. The number of rotatable bonds is 3. The summed E-state index contributed by atoms with van der Waals surface area (Å²) in [6.45, 7) is 3.97. The number of hydrogen-bond acceptors (Lipinski definition) is 3. The highest BCUT2D eigenvalue weighted by Crippen LogP contribution is 2.25. The quantitative estimate of drug-likeness (QED) is 0.748. The minimum absolute atomic E-state index is 0.0739. The molecule has 0 amide bonds. The predicted octanol–water partition coefficient (Wildman–Crippen LogP) is 2.07. The molecule has 3 nitrogen and oxygen atoms in total. The van der Waals surface area contributed by atoms with Gasteiger partial charge in [-0.15, -0.1) is 0 Å². The zero-order valence-corrected chi connectivity index (χ0v) is 10.4. The van der Waals surface area contributed by atoms with E-state index in [1.807, 2.05) is 18.2 Å². The highest BCUT2D eigenvalue weighted by molar-refractivity contribution is 5.76. The van der Waals surface area contributed by atoms with Crippen molar-refractivity contribution in [3.05, 3.63) is 35.9 Å². The average molecular weight is 233 g/mol. The summed E-state index contributed by atoms with van der Waals surface area (Å²) in [6, 6.07) is 10.2. The Kier molecular flexibility index (Phi) is 3.79. The Labute approximate surface area is 102 Å². The Bertz CT molecular complexity index is 377. The monoisotopic (exact) mass is 233 g/mol. The molecule has 1 aliphatic heterocycles. The summed E-state index contributed by atoms with van der Waals surface area (Å²) in [7, 11) is 1.46. The molecule has 17 heavy (non-hydrogen) atoms. The minimum atomic E-state index is -0.106. The van der Waals surface area contributed by atoms with Crippen LogP contribution in [0, 0.1) is 5.92 Å². The second kappa shape index (κ2) is 5.32. The van der Waals surface area contributed by atoms with Crippen LogP contribution in [0.3, 0.4) is 0 Å². The molecule has 92 valence electrons. The molecule has 1 heterocycles. The van der Waals surface area contributed by atoms with Crippen LogP contribution < -0.4 is 0 Å². The van der Waals surface area contributed by atoms with E-state index in [2.05, 4.69) is 24.0 Å². The van der Waals surface area contributed by atoms with E-state index < -0.39 is 0 Å². The van der Waals surface area contributed by atoms with E-state index in [4.69, 9.17) is 4.74 Å². The maximum atomic E-state index is 11.7. The van der Waals surface area contributed by atoms with Gasteiger partial charge < -0.3 is 4.74 Å². The van der Waals surface area contributed by atoms with Gasteiger partial charge in [0.05, 0.1) is 7.11 Å².